The number of nitrogens with zero attached hydrogens (tertiary/aromatic N) is 2. The fourth-order valence-corrected chi connectivity index (χ4v) is 4.42. The fraction of sp³-hybridized carbons (Fsp3) is 0.300. The lowest BCUT2D eigenvalue weighted by atomic mass is 10.1. The van der Waals surface area contributed by atoms with E-state index in [0.717, 1.165) is 10.6 Å². The average Bonchev–Trinajstić information content (AvgIpc) is 2.69. The highest BCUT2D eigenvalue weighted by Crippen LogP contribution is 2.35. The molecular weight excluding hydrogens is 485 g/mol. The van der Waals surface area contributed by atoms with Crippen molar-refractivity contribution in [1.82, 2.24) is 4.90 Å². The minimum Gasteiger partial charge on any atom is -0.339 e. The lowest BCUT2D eigenvalue weighted by Crippen LogP contribution is -2.38. The van der Waals surface area contributed by atoms with Crippen molar-refractivity contribution in [1.29, 1.82) is 0 Å². The second kappa shape index (κ2) is 10.5. The van der Waals surface area contributed by atoms with Crippen LogP contribution in [0.1, 0.15) is 24.2 Å². The van der Waals surface area contributed by atoms with Gasteiger partial charge in [0.1, 0.15) is 6.54 Å². The molecule has 2 aromatic carbocycles. The fourth-order valence-electron chi connectivity index (χ4n) is 2.86. The Hall–Kier alpha value is -2.00. The number of sulfonamides is 1. The quantitative estimate of drug-likeness (QED) is 0.533. The summed E-state index contributed by atoms with van der Waals surface area (Å²) in [5.41, 5.74) is 0.595. The van der Waals surface area contributed by atoms with Crippen LogP contribution in [0.4, 0.5) is 11.4 Å². The molecule has 11 heteroatoms. The van der Waals surface area contributed by atoms with Gasteiger partial charge in [0, 0.05) is 13.1 Å². The smallest absolute Gasteiger partial charge is 0.255 e. The summed E-state index contributed by atoms with van der Waals surface area (Å²) >= 11 is 18.1. The summed E-state index contributed by atoms with van der Waals surface area (Å²) in [5, 5.41) is 2.87. The monoisotopic (exact) mass is 505 g/mol. The summed E-state index contributed by atoms with van der Waals surface area (Å²) in [7, 11) is -3.89. The molecule has 0 radical (unpaired) electrons. The molecule has 2 amide bonds. The number of carbonyl (C=O) groups is 2. The molecular formula is C20H22Cl3N3O4S. The molecule has 0 bridgehead atoms. The molecule has 31 heavy (non-hydrogen) atoms. The van der Waals surface area contributed by atoms with Gasteiger partial charge in [0.05, 0.1) is 38.3 Å². The van der Waals surface area contributed by atoms with Crippen molar-refractivity contribution >= 4 is 68.0 Å². The molecule has 2 rings (SSSR count). The van der Waals surface area contributed by atoms with Gasteiger partial charge in [-0.25, -0.2) is 8.42 Å². The van der Waals surface area contributed by atoms with Gasteiger partial charge in [-0.2, -0.15) is 0 Å². The Balaban J connectivity index is 2.34. The zero-order valence-corrected chi connectivity index (χ0v) is 20.2. The zero-order valence-electron chi connectivity index (χ0n) is 17.2. The molecule has 0 aliphatic carbocycles. The molecule has 0 aromatic heterocycles. The summed E-state index contributed by atoms with van der Waals surface area (Å²) in [6.07, 6.45) is 0.941. The van der Waals surface area contributed by atoms with Crippen LogP contribution in [0.5, 0.6) is 0 Å². The molecule has 0 heterocycles. The number of nitrogens with one attached hydrogen (secondary N) is 1. The normalized spacial score (nSPS) is 11.2. The first-order valence-electron chi connectivity index (χ1n) is 9.30. The Morgan fingerprint density at radius 1 is 0.968 bits per heavy atom. The van der Waals surface area contributed by atoms with Crippen LogP contribution in [0.25, 0.3) is 0 Å². The van der Waals surface area contributed by atoms with E-state index < -0.39 is 22.5 Å². The molecule has 0 atom stereocenters. The highest BCUT2D eigenvalue weighted by atomic mass is 35.5. The van der Waals surface area contributed by atoms with E-state index in [2.05, 4.69) is 5.32 Å². The van der Waals surface area contributed by atoms with E-state index in [-0.39, 0.29) is 32.3 Å². The van der Waals surface area contributed by atoms with E-state index in [1.807, 2.05) is 13.8 Å². The van der Waals surface area contributed by atoms with Crippen LogP contribution >= 0.6 is 34.8 Å². The van der Waals surface area contributed by atoms with E-state index in [9.17, 15) is 18.0 Å². The number of para-hydroxylation sites is 1. The topological polar surface area (TPSA) is 86.8 Å². The standard InChI is InChI=1S/C20H22Cl3N3O4S/c1-4-25(5-2)20(28)13-8-6-7-9-17(13)24-19(27)12-26(31(3,29)30)18-11-15(22)14(21)10-16(18)23/h6-11H,4-5,12H2,1-3H3,(H,24,27). The summed E-state index contributed by atoms with van der Waals surface area (Å²) in [5.74, 6) is -0.902. The predicted octanol–water partition coefficient (Wildman–Crippen LogP) is 4.53. The summed E-state index contributed by atoms with van der Waals surface area (Å²) in [6.45, 7) is 4.15. The molecule has 0 fully saturated rings. The van der Waals surface area contributed by atoms with E-state index in [4.69, 9.17) is 34.8 Å². The first kappa shape index (κ1) is 25.3. The zero-order chi connectivity index (χ0) is 23.3. The van der Waals surface area contributed by atoms with Gasteiger partial charge in [-0.15, -0.1) is 0 Å². The highest BCUT2D eigenvalue weighted by molar-refractivity contribution is 7.92. The van der Waals surface area contributed by atoms with Gasteiger partial charge in [-0.3, -0.25) is 13.9 Å². The number of hydrogen-bond donors (Lipinski definition) is 1. The van der Waals surface area contributed by atoms with Crippen LogP contribution in [-0.4, -0.2) is 51.0 Å². The third kappa shape index (κ3) is 6.26. The van der Waals surface area contributed by atoms with Crippen molar-refractivity contribution in [2.45, 2.75) is 13.8 Å². The number of hydrogen-bond acceptors (Lipinski definition) is 4. The molecule has 0 aliphatic rings. The number of amides is 2. The Kier molecular flexibility index (Phi) is 8.59. The lowest BCUT2D eigenvalue weighted by Gasteiger charge is -2.24. The Morgan fingerprint density at radius 3 is 2.13 bits per heavy atom. The van der Waals surface area contributed by atoms with Crippen molar-refractivity contribution in [3.63, 3.8) is 0 Å². The maximum Gasteiger partial charge on any atom is 0.255 e. The van der Waals surface area contributed by atoms with Gasteiger partial charge in [-0.1, -0.05) is 46.9 Å². The SMILES string of the molecule is CCN(CC)C(=O)c1ccccc1NC(=O)CN(c1cc(Cl)c(Cl)cc1Cl)S(C)(=O)=O. The lowest BCUT2D eigenvalue weighted by molar-refractivity contribution is -0.114. The summed E-state index contributed by atoms with van der Waals surface area (Å²) in [4.78, 5) is 27.1. The van der Waals surface area contributed by atoms with E-state index in [1.54, 1.807) is 29.2 Å². The first-order chi connectivity index (χ1) is 14.5. The number of carbonyl (C=O) groups excluding carboxylic acids is 2. The van der Waals surface area contributed by atoms with Crippen molar-refractivity contribution in [3.8, 4) is 0 Å². The van der Waals surface area contributed by atoms with Crippen molar-refractivity contribution in [3.05, 3.63) is 57.0 Å². The molecule has 0 unspecified atom stereocenters. The van der Waals surface area contributed by atoms with Gasteiger partial charge in [0.25, 0.3) is 5.91 Å². The third-order valence-electron chi connectivity index (χ3n) is 4.43. The Bertz CT molecular complexity index is 1090. The minimum atomic E-state index is -3.89. The van der Waals surface area contributed by atoms with Gasteiger partial charge in [0.15, 0.2) is 0 Å². The molecule has 0 saturated heterocycles. The van der Waals surface area contributed by atoms with Gasteiger partial charge in [-0.05, 0) is 38.1 Å². The molecule has 2 aromatic rings. The number of halogens is 3. The largest absolute Gasteiger partial charge is 0.339 e. The molecule has 0 spiro atoms. The van der Waals surface area contributed by atoms with Crippen molar-refractivity contribution < 1.29 is 18.0 Å². The Labute approximate surface area is 196 Å². The molecule has 7 nitrogen and oxygen atoms in total. The minimum absolute atomic E-state index is 0.0150. The van der Waals surface area contributed by atoms with Gasteiger partial charge in [0.2, 0.25) is 15.9 Å². The predicted molar refractivity (Wildman–Crippen MR) is 126 cm³/mol. The molecule has 0 aliphatic heterocycles. The third-order valence-corrected chi connectivity index (χ3v) is 6.58. The second-order valence-corrected chi connectivity index (χ2v) is 9.69. The van der Waals surface area contributed by atoms with Crippen molar-refractivity contribution in [2.24, 2.45) is 0 Å². The number of rotatable bonds is 8. The Morgan fingerprint density at radius 2 is 1.55 bits per heavy atom. The average molecular weight is 507 g/mol. The van der Waals surface area contributed by atoms with Crippen LogP contribution in [0.3, 0.4) is 0 Å². The van der Waals surface area contributed by atoms with Crippen LogP contribution in [-0.2, 0) is 14.8 Å². The van der Waals surface area contributed by atoms with E-state index >= 15 is 0 Å². The van der Waals surface area contributed by atoms with Gasteiger partial charge >= 0.3 is 0 Å². The van der Waals surface area contributed by atoms with Crippen LogP contribution < -0.4 is 9.62 Å². The molecule has 1 N–H and O–H groups in total. The second-order valence-electron chi connectivity index (χ2n) is 6.56. The summed E-state index contributed by atoms with van der Waals surface area (Å²) in [6, 6.07) is 9.10. The van der Waals surface area contributed by atoms with Gasteiger partial charge < -0.3 is 10.2 Å². The summed E-state index contributed by atoms with van der Waals surface area (Å²) < 4.78 is 25.5. The van der Waals surface area contributed by atoms with E-state index in [0.29, 0.717) is 18.7 Å². The molecule has 168 valence electrons. The maximum absolute atomic E-state index is 12.7. The van der Waals surface area contributed by atoms with E-state index in [1.165, 1.54) is 12.1 Å². The van der Waals surface area contributed by atoms with Crippen LogP contribution in [0.15, 0.2) is 36.4 Å². The van der Waals surface area contributed by atoms with Crippen LogP contribution in [0, 0.1) is 0 Å². The maximum atomic E-state index is 12.7. The molecule has 0 saturated carbocycles. The first-order valence-corrected chi connectivity index (χ1v) is 12.3. The number of benzene rings is 2. The van der Waals surface area contributed by atoms with Crippen LogP contribution in [0.2, 0.25) is 15.1 Å². The highest BCUT2D eigenvalue weighted by Gasteiger charge is 2.25. The number of anilines is 2. The van der Waals surface area contributed by atoms with Crippen molar-refractivity contribution in [2.75, 3.05) is 35.5 Å².